The molecule has 6 aliphatic carbocycles. The minimum Gasteiger partial charge on any atom is -0.743 e. The summed E-state index contributed by atoms with van der Waals surface area (Å²) in [5.74, 6) is -3.51. The Hall–Kier alpha value is -1.45. The van der Waals surface area contributed by atoms with E-state index in [1.165, 1.54) is 0 Å². The molecule has 1 heterocycles. The number of fused-ring (bicyclic) bond motifs is 1. The lowest BCUT2D eigenvalue weighted by molar-refractivity contribution is -0.186. The Morgan fingerprint density at radius 1 is 1.05 bits per heavy atom. The second kappa shape index (κ2) is 8.04. The van der Waals surface area contributed by atoms with Crippen LogP contribution in [0.25, 0.3) is 0 Å². The van der Waals surface area contributed by atoms with E-state index in [1.54, 1.807) is 0 Å². The Labute approximate surface area is 211 Å². The van der Waals surface area contributed by atoms with Crippen LogP contribution in [0.3, 0.4) is 0 Å². The van der Waals surface area contributed by atoms with E-state index in [2.05, 4.69) is 4.74 Å². The van der Waals surface area contributed by atoms with E-state index in [-0.39, 0.29) is 6.42 Å². The van der Waals surface area contributed by atoms with Crippen molar-refractivity contribution >= 4 is 32.2 Å². The molecule has 0 aromatic rings. The molecule has 208 valence electrons. The van der Waals surface area contributed by atoms with Crippen molar-refractivity contribution in [2.24, 2.45) is 40.9 Å². The van der Waals surface area contributed by atoms with Gasteiger partial charge in [0.05, 0.1) is 11.3 Å². The normalized spacial score (nSPS) is 45.7. The molecule has 1 aliphatic heterocycles. The Morgan fingerprint density at radius 2 is 1.62 bits per heavy atom. The van der Waals surface area contributed by atoms with Gasteiger partial charge in [0.15, 0.2) is 10.1 Å². The number of ether oxygens (including phenoxy) is 2. The first-order chi connectivity index (χ1) is 17.1. The molecule has 15 heteroatoms. The molecule has 1 saturated heterocycles. The van der Waals surface area contributed by atoms with Gasteiger partial charge in [0.2, 0.25) is 6.17 Å². The van der Waals surface area contributed by atoms with E-state index in [1.807, 2.05) is 0 Å². The van der Waals surface area contributed by atoms with Crippen molar-refractivity contribution in [2.75, 3.05) is 6.61 Å². The first-order valence-electron chi connectivity index (χ1n) is 12.4. The van der Waals surface area contributed by atoms with E-state index >= 15 is 0 Å². The third-order valence-corrected chi connectivity index (χ3v) is 12.3. The Bertz CT molecular complexity index is 1200. The highest BCUT2D eigenvalue weighted by molar-refractivity contribution is 7.87. The molecule has 0 radical (unpaired) electrons. The third kappa shape index (κ3) is 3.77. The van der Waals surface area contributed by atoms with Crippen LogP contribution in [0.1, 0.15) is 44.9 Å². The van der Waals surface area contributed by atoms with Gasteiger partial charge < -0.3 is 14.0 Å². The molecule has 7 aliphatic rings. The molecule has 37 heavy (non-hydrogen) atoms. The van der Waals surface area contributed by atoms with Crippen molar-refractivity contribution in [1.82, 2.24) is 0 Å². The zero-order valence-electron chi connectivity index (χ0n) is 19.5. The monoisotopic (exact) mass is 571 g/mol. The molecule has 7 rings (SSSR count). The topological polar surface area (TPSA) is 153 Å². The molecular formula is C22H26F3O10S2-. The molecule has 0 aromatic carbocycles. The molecule has 7 fully saturated rings. The van der Waals surface area contributed by atoms with E-state index < -0.39 is 90.8 Å². The fraction of sp³-hybridized carbons (Fsp3) is 0.909. The Kier molecular flexibility index (Phi) is 5.61. The van der Waals surface area contributed by atoms with Gasteiger partial charge in [-0.1, -0.05) is 0 Å². The average Bonchev–Trinajstić information content (AvgIpc) is 3.38. The maximum atomic E-state index is 13.8. The number of rotatable bonds is 7. The zero-order chi connectivity index (χ0) is 26.7. The van der Waals surface area contributed by atoms with Crippen LogP contribution in [0, 0.1) is 40.9 Å². The number of halogens is 3. The van der Waals surface area contributed by atoms with Crippen molar-refractivity contribution in [3.63, 3.8) is 0 Å². The van der Waals surface area contributed by atoms with Crippen LogP contribution in [-0.2, 0) is 43.5 Å². The summed E-state index contributed by atoms with van der Waals surface area (Å²) >= 11 is 0. The molecular weight excluding hydrogens is 545 g/mol. The van der Waals surface area contributed by atoms with Crippen molar-refractivity contribution in [1.29, 1.82) is 0 Å². The lowest BCUT2D eigenvalue weighted by Gasteiger charge is -2.55. The molecule has 7 unspecified atom stereocenters. The second-order valence-electron chi connectivity index (χ2n) is 11.8. The van der Waals surface area contributed by atoms with Crippen molar-refractivity contribution < 1.29 is 57.8 Å². The Balaban J connectivity index is 1.20. The maximum absolute atomic E-state index is 13.8. The van der Waals surface area contributed by atoms with Gasteiger partial charge in [-0.2, -0.15) is 17.2 Å². The number of esters is 2. The minimum atomic E-state index is -6.37. The largest absolute Gasteiger partial charge is 0.743 e. The van der Waals surface area contributed by atoms with E-state index in [0.29, 0.717) is 37.0 Å². The van der Waals surface area contributed by atoms with Gasteiger partial charge in [0.25, 0.3) is 10.1 Å². The smallest absolute Gasteiger partial charge is 0.368 e. The van der Waals surface area contributed by atoms with Gasteiger partial charge in [-0.3, -0.25) is 13.8 Å². The van der Waals surface area contributed by atoms with Crippen LogP contribution in [0.2, 0.25) is 0 Å². The minimum absolute atomic E-state index is 0.136. The van der Waals surface area contributed by atoms with Gasteiger partial charge in [0.1, 0.15) is 24.1 Å². The number of carbonyl (C=O) groups is 2. The highest BCUT2D eigenvalue weighted by Gasteiger charge is 2.72. The van der Waals surface area contributed by atoms with Gasteiger partial charge in [-0.15, -0.1) is 0 Å². The lowest BCUT2D eigenvalue weighted by Crippen LogP contribution is -2.53. The molecule has 0 spiro atoms. The highest BCUT2D eigenvalue weighted by Crippen LogP contribution is 2.62. The summed E-state index contributed by atoms with van der Waals surface area (Å²) in [4.78, 5) is 26.3. The first kappa shape index (κ1) is 25.8. The van der Waals surface area contributed by atoms with Gasteiger partial charge >= 0.3 is 17.2 Å². The molecule has 0 aromatic heterocycles. The maximum Gasteiger partial charge on any atom is 0.368 e. The summed E-state index contributed by atoms with van der Waals surface area (Å²) in [5, 5.41) is -6.72. The molecule has 0 amide bonds. The van der Waals surface area contributed by atoms with Crippen molar-refractivity contribution in [3.05, 3.63) is 0 Å². The predicted molar refractivity (Wildman–Crippen MR) is 114 cm³/mol. The first-order valence-corrected chi connectivity index (χ1v) is 15.3. The van der Waals surface area contributed by atoms with Crippen LogP contribution < -0.4 is 0 Å². The summed E-state index contributed by atoms with van der Waals surface area (Å²) in [6.45, 7) is -1.77. The van der Waals surface area contributed by atoms with Crippen LogP contribution in [0.15, 0.2) is 0 Å². The van der Waals surface area contributed by atoms with Crippen LogP contribution in [0.4, 0.5) is 13.2 Å². The number of carbonyl (C=O) groups excluding carboxylic acids is 2. The molecule has 7 atom stereocenters. The highest BCUT2D eigenvalue weighted by atomic mass is 32.2. The summed E-state index contributed by atoms with van der Waals surface area (Å²) in [6.07, 6.45) is -0.217. The van der Waals surface area contributed by atoms with Gasteiger partial charge in [-0.05, 0) is 62.7 Å². The second-order valence-corrected chi connectivity index (χ2v) is 15.0. The van der Waals surface area contributed by atoms with Gasteiger partial charge in [-0.25, -0.2) is 12.8 Å². The average molecular weight is 572 g/mol. The van der Waals surface area contributed by atoms with Crippen molar-refractivity contribution in [2.45, 2.75) is 73.8 Å². The van der Waals surface area contributed by atoms with Crippen molar-refractivity contribution in [3.8, 4) is 0 Å². The summed E-state index contributed by atoms with van der Waals surface area (Å²) in [6, 6.07) is 0. The fourth-order valence-electron chi connectivity index (χ4n) is 8.57. The van der Waals surface area contributed by atoms with Crippen LogP contribution in [0.5, 0.6) is 0 Å². The molecule has 0 N–H and O–H groups in total. The SMILES string of the molecule is O=C(OCC(F)C(F)(F)S(=O)(=O)[O-])C1C2CC3C(OS(=O)(=O)C31)C2OC(=O)C12CC3CC(CC(C3)C1)C2. The van der Waals surface area contributed by atoms with Crippen LogP contribution in [-0.4, -0.2) is 68.8 Å². The number of hydrogen-bond donors (Lipinski definition) is 0. The Morgan fingerprint density at radius 3 is 2.16 bits per heavy atom. The fourth-order valence-corrected chi connectivity index (χ4v) is 11.0. The quantitative estimate of drug-likeness (QED) is 0.250. The summed E-state index contributed by atoms with van der Waals surface area (Å²) < 4.78 is 114. The predicted octanol–water partition coefficient (Wildman–Crippen LogP) is 1.50. The van der Waals surface area contributed by atoms with E-state index in [4.69, 9.17) is 8.92 Å². The van der Waals surface area contributed by atoms with Gasteiger partial charge in [0, 0.05) is 11.8 Å². The van der Waals surface area contributed by atoms with Crippen LogP contribution >= 0.6 is 0 Å². The zero-order valence-corrected chi connectivity index (χ0v) is 21.1. The summed E-state index contributed by atoms with van der Waals surface area (Å²) in [7, 11) is -10.7. The standard InChI is InChI=1S/C22H27F3O10S2/c23-14(22(24,25)37(30,31)32)8-33-19(26)15-12-4-13-17(35-36(28,29)18(13)15)16(12)34-20(27)21-5-9-1-10(6-21)3-11(2-9)7-21/h9-18H,1-8H2,(H,30,31,32)/p-1. The number of hydrogen-bond acceptors (Lipinski definition) is 10. The number of alkyl halides is 3. The molecule has 10 nitrogen and oxygen atoms in total. The van der Waals surface area contributed by atoms with E-state index in [0.717, 1.165) is 19.3 Å². The molecule has 6 bridgehead atoms. The van der Waals surface area contributed by atoms with E-state index in [9.17, 15) is 44.1 Å². The summed E-state index contributed by atoms with van der Waals surface area (Å²) in [5.41, 5.74) is -0.652. The third-order valence-electron chi connectivity index (χ3n) is 9.58. The molecule has 6 saturated carbocycles. The lowest BCUT2D eigenvalue weighted by atomic mass is 9.49.